The average Bonchev–Trinajstić information content (AvgIpc) is 2.45. The van der Waals surface area contributed by atoms with Crippen LogP contribution in [0.1, 0.15) is 5.56 Å². The quantitative estimate of drug-likeness (QED) is 0.788. The van der Waals surface area contributed by atoms with E-state index in [-0.39, 0.29) is 5.82 Å². The first kappa shape index (κ1) is 14.3. The smallest absolute Gasteiger partial charge is 0.126 e. The zero-order valence-corrected chi connectivity index (χ0v) is 11.4. The van der Waals surface area contributed by atoms with Crippen molar-refractivity contribution in [3.8, 4) is 11.5 Å². The predicted molar refractivity (Wildman–Crippen MR) is 76.6 cm³/mol. The molecule has 3 nitrogen and oxygen atoms in total. The maximum atomic E-state index is 12.9. The number of halogens is 1. The number of ether oxygens (including phenoxy) is 2. The van der Waals surface area contributed by atoms with Crippen LogP contribution < -0.4 is 14.8 Å². The zero-order valence-electron chi connectivity index (χ0n) is 11.4. The molecule has 0 bridgehead atoms. The highest BCUT2D eigenvalue weighted by Crippen LogP contribution is 2.14. The van der Waals surface area contributed by atoms with E-state index < -0.39 is 0 Å². The van der Waals surface area contributed by atoms with Gasteiger partial charge in [0.05, 0.1) is 0 Å². The van der Waals surface area contributed by atoms with E-state index in [1.807, 2.05) is 31.3 Å². The molecule has 106 valence electrons. The van der Waals surface area contributed by atoms with Crippen LogP contribution in [0.3, 0.4) is 0 Å². The molecule has 2 aromatic rings. The van der Waals surface area contributed by atoms with Crippen molar-refractivity contribution in [1.29, 1.82) is 0 Å². The van der Waals surface area contributed by atoms with Crippen molar-refractivity contribution in [1.82, 2.24) is 5.32 Å². The highest BCUT2D eigenvalue weighted by molar-refractivity contribution is 5.28. The van der Waals surface area contributed by atoms with Gasteiger partial charge in [0.15, 0.2) is 0 Å². The summed E-state index contributed by atoms with van der Waals surface area (Å²) >= 11 is 0. The first-order valence-electron chi connectivity index (χ1n) is 6.52. The van der Waals surface area contributed by atoms with Gasteiger partial charge in [-0.05, 0) is 36.9 Å². The second kappa shape index (κ2) is 7.50. The van der Waals surface area contributed by atoms with Gasteiger partial charge in [0.25, 0.3) is 0 Å². The fourth-order valence-electron chi connectivity index (χ4n) is 1.83. The summed E-state index contributed by atoms with van der Waals surface area (Å²) in [4.78, 5) is 0. The third kappa shape index (κ3) is 4.55. The van der Waals surface area contributed by atoms with E-state index in [2.05, 4.69) is 5.32 Å². The van der Waals surface area contributed by atoms with Gasteiger partial charge < -0.3 is 14.8 Å². The van der Waals surface area contributed by atoms with Gasteiger partial charge in [-0.1, -0.05) is 18.2 Å². The maximum absolute atomic E-state index is 12.9. The van der Waals surface area contributed by atoms with Gasteiger partial charge in [-0.3, -0.25) is 0 Å². The molecule has 1 N–H and O–H groups in total. The van der Waals surface area contributed by atoms with Gasteiger partial charge in [-0.2, -0.15) is 0 Å². The first-order chi connectivity index (χ1) is 9.78. The predicted octanol–water partition coefficient (Wildman–Crippen LogP) is 3.00. The van der Waals surface area contributed by atoms with Gasteiger partial charge in [-0.15, -0.1) is 0 Å². The lowest BCUT2D eigenvalue weighted by molar-refractivity contribution is 0.216. The molecule has 4 heteroatoms. The van der Waals surface area contributed by atoms with Crippen LogP contribution >= 0.6 is 0 Å². The lowest BCUT2D eigenvalue weighted by Crippen LogP contribution is -2.10. The minimum Gasteiger partial charge on any atom is -0.490 e. The molecule has 0 radical (unpaired) electrons. The Kier molecular flexibility index (Phi) is 5.38. The zero-order chi connectivity index (χ0) is 14.2. The van der Waals surface area contributed by atoms with Crippen LogP contribution in [0.25, 0.3) is 0 Å². The van der Waals surface area contributed by atoms with Crippen LogP contribution in [0.4, 0.5) is 4.39 Å². The summed E-state index contributed by atoms with van der Waals surface area (Å²) in [6.07, 6.45) is 0. The number of benzene rings is 2. The number of nitrogens with one attached hydrogen (secondary N) is 1. The Bertz CT molecular complexity index is 546. The Hall–Kier alpha value is -2.07. The summed E-state index contributed by atoms with van der Waals surface area (Å²) in [7, 11) is 1.90. The molecule has 0 unspecified atom stereocenters. The van der Waals surface area contributed by atoms with Crippen LogP contribution in [0.5, 0.6) is 11.5 Å². The van der Waals surface area contributed by atoms with E-state index >= 15 is 0 Å². The van der Waals surface area contributed by atoms with Crippen LogP contribution in [-0.4, -0.2) is 20.3 Å². The SMILES string of the molecule is CNCc1cccc(OCCOc2cccc(F)c2)c1. The minimum atomic E-state index is -0.303. The van der Waals surface area contributed by atoms with E-state index in [0.29, 0.717) is 19.0 Å². The Balaban J connectivity index is 1.77. The molecule has 0 aromatic heterocycles. The van der Waals surface area contributed by atoms with Crippen molar-refractivity contribution in [3.63, 3.8) is 0 Å². The molecular weight excluding hydrogens is 257 g/mol. The Morgan fingerprint density at radius 3 is 2.25 bits per heavy atom. The van der Waals surface area contributed by atoms with E-state index in [4.69, 9.17) is 9.47 Å². The first-order valence-corrected chi connectivity index (χ1v) is 6.52. The summed E-state index contributed by atoms with van der Waals surface area (Å²) in [6, 6.07) is 14.0. The van der Waals surface area contributed by atoms with Crippen molar-refractivity contribution in [3.05, 3.63) is 59.9 Å². The highest BCUT2D eigenvalue weighted by atomic mass is 19.1. The van der Waals surface area contributed by atoms with Crippen LogP contribution in [0.15, 0.2) is 48.5 Å². The second-order valence-electron chi connectivity index (χ2n) is 4.33. The monoisotopic (exact) mass is 275 g/mol. The molecule has 0 aliphatic rings. The van der Waals surface area contributed by atoms with Gasteiger partial charge in [0, 0.05) is 12.6 Å². The third-order valence-corrected chi connectivity index (χ3v) is 2.70. The van der Waals surface area contributed by atoms with E-state index in [0.717, 1.165) is 17.9 Å². The largest absolute Gasteiger partial charge is 0.490 e. The second-order valence-corrected chi connectivity index (χ2v) is 4.33. The standard InChI is InChI=1S/C16H18FNO2/c1-18-12-13-4-2-6-15(10-13)19-8-9-20-16-7-3-5-14(17)11-16/h2-7,10-11,18H,8-9,12H2,1H3. The molecule has 0 saturated carbocycles. The fourth-order valence-corrected chi connectivity index (χ4v) is 1.83. The molecule has 0 spiro atoms. The van der Waals surface area contributed by atoms with Crippen molar-refractivity contribution in [2.24, 2.45) is 0 Å². The lowest BCUT2D eigenvalue weighted by atomic mass is 10.2. The Labute approximate surface area is 118 Å². The summed E-state index contributed by atoms with van der Waals surface area (Å²) < 4.78 is 23.9. The molecule has 0 heterocycles. The third-order valence-electron chi connectivity index (χ3n) is 2.70. The Morgan fingerprint density at radius 2 is 1.60 bits per heavy atom. The maximum Gasteiger partial charge on any atom is 0.126 e. The van der Waals surface area contributed by atoms with Gasteiger partial charge in [0.2, 0.25) is 0 Å². The average molecular weight is 275 g/mol. The minimum absolute atomic E-state index is 0.303. The van der Waals surface area contributed by atoms with Crippen LogP contribution in [-0.2, 0) is 6.54 Å². The fraction of sp³-hybridized carbons (Fsp3) is 0.250. The van der Waals surface area contributed by atoms with Crippen LogP contribution in [0, 0.1) is 5.82 Å². The normalized spacial score (nSPS) is 10.3. The van der Waals surface area contributed by atoms with Crippen LogP contribution in [0.2, 0.25) is 0 Å². The molecular formula is C16H18FNO2. The molecule has 2 aromatic carbocycles. The highest BCUT2D eigenvalue weighted by Gasteiger charge is 1.98. The van der Waals surface area contributed by atoms with Crippen molar-refractivity contribution >= 4 is 0 Å². The topological polar surface area (TPSA) is 30.5 Å². The van der Waals surface area contributed by atoms with Gasteiger partial charge in [-0.25, -0.2) is 4.39 Å². The number of rotatable bonds is 7. The van der Waals surface area contributed by atoms with Crippen molar-refractivity contribution in [2.45, 2.75) is 6.54 Å². The Morgan fingerprint density at radius 1 is 0.950 bits per heavy atom. The molecule has 0 fully saturated rings. The molecule has 0 atom stereocenters. The number of hydrogen-bond acceptors (Lipinski definition) is 3. The van der Waals surface area contributed by atoms with Crippen molar-refractivity contribution < 1.29 is 13.9 Å². The van der Waals surface area contributed by atoms with Crippen molar-refractivity contribution in [2.75, 3.05) is 20.3 Å². The molecule has 0 aliphatic carbocycles. The van der Waals surface area contributed by atoms with E-state index in [1.54, 1.807) is 12.1 Å². The summed E-state index contributed by atoms with van der Waals surface area (Å²) in [5.74, 6) is 1.02. The van der Waals surface area contributed by atoms with Gasteiger partial charge >= 0.3 is 0 Å². The molecule has 20 heavy (non-hydrogen) atoms. The van der Waals surface area contributed by atoms with E-state index in [1.165, 1.54) is 12.1 Å². The van der Waals surface area contributed by atoms with E-state index in [9.17, 15) is 4.39 Å². The lowest BCUT2D eigenvalue weighted by Gasteiger charge is -2.09. The summed E-state index contributed by atoms with van der Waals surface area (Å²) in [6.45, 7) is 1.59. The number of hydrogen-bond donors (Lipinski definition) is 1. The molecule has 2 rings (SSSR count). The summed E-state index contributed by atoms with van der Waals surface area (Å²) in [5.41, 5.74) is 1.16. The molecule has 0 amide bonds. The van der Waals surface area contributed by atoms with Gasteiger partial charge in [0.1, 0.15) is 30.5 Å². The summed E-state index contributed by atoms with van der Waals surface area (Å²) in [5, 5.41) is 3.09. The molecule has 0 aliphatic heterocycles. The molecule has 0 saturated heterocycles.